The smallest absolute Gasteiger partial charge is 0.0675 e. The Bertz CT molecular complexity index is 76.3. The molecular weight excluding hydrogens is 515 g/mol. The SMILES string of the molecule is Br[C](Br)C(Br)(Br)[C](Br)Br. The van der Waals surface area contributed by atoms with Crippen molar-refractivity contribution in [2.75, 3.05) is 0 Å². The van der Waals surface area contributed by atoms with Gasteiger partial charge in [0.1, 0.15) is 10.7 Å². The minimum atomic E-state index is -0.375. The van der Waals surface area contributed by atoms with E-state index in [4.69, 9.17) is 0 Å². The van der Waals surface area contributed by atoms with Crippen LogP contribution in [0.4, 0.5) is 0 Å². The molecule has 0 aromatic heterocycles. The maximum Gasteiger partial charge on any atom is 0.135 e. The summed E-state index contributed by atoms with van der Waals surface area (Å²) < 4.78 is 1.33. The summed E-state index contributed by atoms with van der Waals surface area (Å²) in [5.41, 5.74) is 0. The zero-order chi connectivity index (χ0) is 7.65. The van der Waals surface area contributed by atoms with Crippen molar-refractivity contribution < 1.29 is 0 Å². The molecule has 54 valence electrons. The van der Waals surface area contributed by atoms with Gasteiger partial charge in [-0.1, -0.05) is 95.6 Å². The van der Waals surface area contributed by atoms with Gasteiger partial charge in [0.2, 0.25) is 0 Å². The van der Waals surface area contributed by atoms with Crippen molar-refractivity contribution in [1.29, 1.82) is 0 Å². The van der Waals surface area contributed by atoms with Crippen LogP contribution in [0.1, 0.15) is 0 Å². The van der Waals surface area contributed by atoms with E-state index in [1.807, 2.05) is 0 Å². The average molecular weight is 515 g/mol. The first kappa shape index (κ1) is 11.9. The Morgan fingerprint density at radius 1 is 0.778 bits per heavy atom. The van der Waals surface area contributed by atoms with Crippen LogP contribution >= 0.6 is 95.6 Å². The quantitative estimate of drug-likeness (QED) is 0.453. The predicted molar refractivity (Wildman–Crippen MR) is 62.8 cm³/mol. The highest BCUT2D eigenvalue weighted by atomic mass is 79.9. The zero-order valence-electron chi connectivity index (χ0n) is 3.77. The van der Waals surface area contributed by atoms with E-state index in [1.54, 1.807) is 0 Å². The summed E-state index contributed by atoms with van der Waals surface area (Å²) in [7, 11) is 0. The topological polar surface area (TPSA) is 0 Å². The van der Waals surface area contributed by atoms with Crippen LogP contribution in [0.5, 0.6) is 0 Å². The molecule has 0 fully saturated rings. The summed E-state index contributed by atoms with van der Waals surface area (Å²) in [5.74, 6) is 0. The maximum absolute atomic E-state index is 3.37. The number of hydrogen-bond acceptors (Lipinski definition) is 0. The van der Waals surface area contributed by atoms with Crippen molar-refractivity contribution in [2.24, 2.45) is 0 Å². The summed E-state index contributed by atoms with van der Waals surface area (Å²) >= 11 is 19.8. The number of rotatable bonds is 2. The van der Waals surface area contributed by atoms with Crippen LogP contribution in [0.2, 0.25) is 0 Å². The molecule has 9 heavy (non-hydrogen) atoms. The van der Waals surface area contributed by atoms with Crippen LogP contribution in [0.25, 0.3) is 0 Å². The van der Waals surface area contributed by atoms with Gasteiger partial charge >= 0.3 is 0 Å². The molecule has 0 saturated carbocycles. The van der Waals surface area contributed by atoms with Gasteiger partial charge in [0.25, 0.3) is 0 Å². The first-order valence-electron chi connectivity index (χ1n) is 1.63. The van der Waals surface area contributed by atoms with Gasteiger partial charge < -0.3 is 0 Å². The molecule has 0 spiro atoms. The summed E-state index contributed by atoms with van der Waals surface area (Å²) in [6.07, 6.45) is 0. The third-order valence-electron chi connectivity index (χ3n) is 0.475. The molecule has 0 aromatic carbocycles. The molecule has 2 radical (unpaired) electrons. The molecule has 0 aliphatic rings. The van der Waals surface area contributed by atoms with Gasteiger partial charge in [-0.25, -0.2) is 0 Å². The van der Waals surface area contributed by atoms with E-state index in [9.17, 15) is 0 Å². The van der Waals surface area contributed by atoms with Crippen molar-refractivity contribution in [1.82, 2.24) is 0 Å². The normalized spacial score (nSPS) is 13.3. The van der Waals surface area contributed by atoms with Crippen LogP contribution in [-0.4, -0.2) is 3.23 Å². The van der Waals surface area contributed by atoms with Crippen LogP contribution in [0.3, 0.4) is 0 Å². The van der Waals surface area contributed by atoms with Gasteiger partial charge in [-0.15, -0.1) is 0 Å². The molecular formula is C3Br6. The Morgan fingerprint density at radius 2 is 1.00 bits per heavy atom. The number of hydrogen-bond donors (Lipinski definition) is 0. The lowest BCUT2D eigenvalue weighted by atomic mass is 10.6. The monoisotopic (exact) mass is 510 g/mol. The van der Waals surface area contributed by atoms with Gasteiger partial charge in [-0.05, 0) is 0 Å². The van der Waals surface area contributed by atoms with Gasteiger partial charge in [0.05, 0.1) is 0 Å². The molecule has 0 aliphatic heterocycles. The predicted octanol–water partition coefficient (Wildman–Crippen LogP) is 5.03. The Balaban J connectivity index is 4.01. The lowest BCUT2D eigenvalue weighted by Crippen LogP contribution is -2.15. The van der Waals surface area contributed by atoms with Gasteiger partial charge in [-0.2, -0.15) is 0 Å². The summed E-state index contributed by atoms with van der Waals surface area (Å²) in [4.78, 5) is 0. The van der Waals surface area contributed by atoms with Crippen molar-refractivity contribution in [3.63, 3.8) is 0 Å². The highest BCUT2D eigenvalue weighted by molar-refractivity contribution is 9.34. The Hall–Kier alpha value is 2.88. The Morgan fingerprint density at radius 3 is 1.00 bits per heavy atom. The Kier molecular flexibility index (Phi) is 6.33. The fraction of sp³-hybridized carbons (Fsp3) is 0.333. The summed E-state index contributed by atoms with van der Waals surface area (Å²) in [6, 6.07) is 0. The molecule has 0 nitrogen and oxygen atoms in total. The summed E-state index contributed by atoms with van der Waals surface area (Å²) in [5, 5.41) is 0. The van der Waals surface area contributed by atoms with Crippen molar-refractivity contribution in [3.8, 4) is 0 Å². The Labute approximate surface area is 105 Å². The van der Waals surface area contributed by atoms with Crippen molar-refractivity contribution in [2.45, 2.75) is 3.23 Å². The molecule has 0 atom stereocenters. The molecule has 6 heteroatoms. The van der Waals surface area contributed by atoms with E-state index in [2.05, 4.69) is 95.6 Å². The van der Waals surface area contributed by atoms with E-state index in [-0.39, 0.29) is 3.23 Å². The second-order valence-corrected chi connectivity index (χ2v) is 9.84. The van der Waals surface area contributed by atoms with E-state index in [0.29, 0.717) is 0 Å². The molecule has 0 saturated heterocycles. The first-order valence-corrected chi connectivity index (χ1v) is 6.39. The third kappa shape index (κ3) is 3.87. The first-order chi connectivity index (χ1) is 3.89. The van der Waals surface area contributed by atoms with E-state index in [0.717, 1.165) is 7.47 Å². The van der Waals surface area contributed by atoms with Crippen LogP contribution in [0.15, 0.2) is 0 Å². The minimum Gasteiger partial charge on any atom is -0.0675 e. The van der Waals surface area contributed by atoms with E-state index < -0.39 is 0 Å². The second-order valence-electron chi connectivity index (χ2n) is 1.10. The molecule has 0 heterocycles. The molecule has 0 aliphatic carbocycles. The van der Waals surface area contributed by atoms with Crippen molar-refractivity contribution >= 4 is 95.6 Å². The number of alkyl halides is 2. The van der Waals surface area contributed by atoms with Crippen molar-refractivity contribution in [3.05, 3.63) is 7.47 Å². The van der Waals surface area contributed by atoms with Crippen LogP contribution in [0, 0.1) is 7.47 Å². The van der Waals surface area contributed by atoms with Gasteiger partial charge in [-0.3, -0.25) is 0 Å². The third-order valence-corrected chi connectivity index (χ3v) is 8.70. The van der Waals surface area contributed by atoms with Crippen LogP contribution < -0.4 is 0 Å². The van der Waals surface area contributed by atoms with E-state index >= 15 is 0 Å². The fourth-order valence-electron chi connectivity index (χ4n) is 0.0714. The molecule has 0 aromatic rings. The molecule has 0 N–H and O–H groups in total. The zero-order valence-corrected chi connectivity index (χ0v) is 13.3. The molecule has 0 unspecified atom stereocenters. The highest BCUT2D eigenvalue weighted by Crippen LogP contribution is 2.55. The summed E-state index contributed by atoms with van der Waals surface area (Å²) in [6.45, 7) is 0. The minimum absolute atomic E-state index is 0.375. The largest absolute Gasteiger partial charge is 0.135 e. The maximum atomic E-state index is 3.37. The lowest BCUT2D eigenvalue weighted by molar-refractivity contribution is 1.29. The number of halogens is 6. The highest BCUT2D eigenvalue weighted by Gasteiger charge is 2.37. The molecule has 0 amide bonds. The second kappa shape index (κ2) is 4.80. The van der Waals surface area contributed by atoms with Gasteiger partial charge in [0, 0.05) is 0 Å². The fourth-order valence-corrected chi connectivity index (χ4v) is 1.93. The average Bonchev–Trinajstić information content (AvgIpc) is 1.65. The molecule has 0 rings (SSSR count). The standard InChI is InChI=1S/C3Br6/c4-1(5)3(8,9)2(6)7. The lowest BCUT2D eigenvalue weighted by Gasteiger charge is -2.21. The van der Waals surface area contributed by atoms with Crippen LogP contribution in [-0.2, 0) is 0 Å². The molecule has 0 bridgehead atoms. The van der Waals surface area contributed by atoms with Gasteiger partial charge in [0.15, 0.2) is 0 Å². The van der Waals surface area contributed by atoms with E-state index in [1.165, 1.54) is 0 Å².